The van der Waals surface area contributed by atoms with E-state index in [1.165, 1.54) is 6.07 Å². The highest BCUT2D eigenvalue weighted by Gasteiger charge is 2.26. The van der Waals surface area contributed by atoms with Crippen molar-refractivity contribution in [1.29, 1.82) is 0 Å². The number of benzene rings is 1. The van der Waals surface area contributed by atoms with E-state index in [4.69, 9.17) is 0 Å². The Balaban J connectivity index is 0.00000200. The second kappa shape index (κ2) is 8.14. The van der Waals surface area contributed by atoms with Crippen molar-refractivity contribution in [1.82, 2.24) is 10.2 Å². The first-order chi connectivity index (χ1) is 9.13. The van der Waals surface area contributed by atoms with Gasteiger partial charge in [0.2, 0.25) is 0 Å². The molecule has 0 radical (unpaired) electrons. The van der Waals surface area contributed by atoms with Crippen molar-refractivity contribution in [3.63, 3.8) is 0 Å². The lowest BCUT2D eigenvalue weighted by molar-refractivity contribution is 0.0685. The largest absolute Gasteiger partial charge is 0.339 e. The van der Waals surface area contributed by atoms with E-state index in [1.54, 1.807) is 17.0 Å². The Morgan fingerprint density at radius 1 is 1.45 bits per heavy atom. The minimum Gasteiger partial charge on any atom is -0.339 e. The fraction of sp³-hybridized carbons (Fsp3) is 0.500. The van der Waals surface area contributed by atoms with Crippen LogP contribution in [0, 0.1) is 15.3 Å². The molecule has 1 saturated heterocycles. The van der Waals surface area contributed by atoms with Crippen LogP contribution in [0.5, 0.6) is 0 Å². The van der Waals surface area contributed by atoms with Crippen LogP contribution >= 0.6 is 35.0 Å². The zero-order chi connectivity index (χ0) is 13.8. The van der Waals surface area contributed by atoms with Crippen molar-refractivity contribution in [2.75, 3.05) is 26.7 Å². The molecule has 1 aromatic rings. The molecule has 1 aliphatic heterocycles. The molecule has 0 aromatic heterocycles. The van der Waals surface area contributed by atoms with E-state index >= 15 is 0 Å². The highest BCUT2D eigenvalue weighted by Crippen LogP contribution is 2.22. The molecule has 0 atom stereocenters. The number of nitrogens with one attached hydrogen (secondary N) is 1. The summed E-state index contributed by atoms with van der Waals surface area (Å²) >= 11 is 2.02. The molecule has 0 spiro atoms. The van der Waals surface area contributed by atoms with Gasteiger partial charge >= 0.3 is 0 Å². The zero-order valence-corrected chi connectivity index (χ0v) is 14.3. The summed E-state index contributed by atoms with van der Waals surface area (Å²) < 4.78 is 14.5. The second-order valence-corrected chi connectivity index (χ2v) is 6.05. The third-order valence-corrected chi connectivity index (χ3v) is 4.47. The Hall–Kier alpha value is -0.400. The quantitative estimate of drug-likeness (QED) is 0.774. The smallest absolute Gasteiger partial charge is 0.257 e. The average molecular weight is 413 g/mol. The predicted molar refractivity (Wildman–Crippen MR) is 88.9 cm³/mol. The maximum Gasteiger partial charge on any atom is 0.257 e. The number of piperidine rings is 1. The Bertz CT molecular complexity index is 444. The maximum absolute atomic E-state index is 13.8. The molecule has 1 aromatic carbocycles. The van der Waals surface area contributed by atoms with Gasteiger partial charge in [-0.3, -0.25) is 4.79 Å². The number of amides is 1. The van der Waals surface area contributed by atoms with Crippen LogP contribution in [0.25, 0.3) is 0 Å². The van der Waals surface area contributed by atoms with Crippen LogP contribution in [0.1, 0.15) is 23.2 Å². The van der Waals surface area contributed by atoms with Crippen LogP contribution in [-0.2, 0) is 0 Å². The molecule has 112 valence electrons. The lowest BCUT2D eigenvalue weighted by atomic mass is 9.96. The number of likely N-dealkylation sites (tertiary alicyclic amines) is 1. The van der Waals surface area contributed by atoms with Gasteiger partial charge in [-0.15, -0.1) is 12.4 Å². The first kappa shape index (κ1) is 17.7. The average Bonchev–Trinajstić information content (AvgIpc) is 2.39. The van der Waals surface area contributed by atoms with E-state index in [0.29, 0.717) is 9.49 Å². The minimum atomic E-state index is -0.422. The highest BCUT2D eigenvalue weighted by atomic mass is 127. The molecule has 6 heteroatoms. The molecule has 1 heterocycles. The van der Waals surface area contributed by atoms with Gasteiger partial charge in [-0.05, 0) is 67.1 Å². The Labute approximate surface area is 138 Å². The first-order valence-corrected chi connectivity index (χ1v) is 7.59. The molecular formula is C14H19ClFIN2O. The number of halogens is 3. The van der Waals surface area contributed by atoms with E-state index in [9.17, 15) is 9.18 Å². The fourth-order valence-electron chi connectivity index (χ4n) is 2.49. The number of nitrogens with zero attached hydrogens (tertiary/aromatic N) is 1. The molecule has 0 bridgehead atoms. The summed E-state index contributed by atoms with van der Waals surface area (Å²) in [5.41, 5.74) is 0.218. The highest BCUT2D eigenvalue weighted by molar-refractivity contribution is 14.1. The van der Waals surface area contributed by atoms with Crippen LogP contribution < -0.4 is 5.32 Å². The predicted octanol–water partition coefficient (Wildman–Crippen LogP) is 2.92. The van der Waals surface area contributed by atoms with Crippen molar-refractivity contribution < 1.29 is 9.18 Å². The van der Waals surface area contributed by atoms with E-state index in [0.717, 1.165) is 32.5 Å². The topological polar surface area (TPSA) is 32.3 Å². The van der Waals surface area contributed by atoms with Crippen LogP contribution in [0.3, 0.4) is 0 Å². The minimum absolute atomic E-state index is 0. The molecule has 1 aliphatic rings. The summed E-state index contributed by atoms with van der Waals surface area (Å²) in [6, 6.07) is 4.75. The molecular weight excluding hydrogens is 394 g/mol. The Morgan fingerprint density at radius 2 is 2.10 bits per heavy atom. The SMILES string of the molecule is CNCC1CCN(C(=O)c2c(F)cccc2I)CC1.Cl. The van der Waals surface area contributed by atoms with Crippen LogP contribution in [0.15, 0.2) is 18.2 Å². The van der Waals surface area contributed by atoms with Gasteiger partial charge in [0.15, 0.2) is 0 Å². The molecule has 20 heavy (non-hydrogen) atoms. The standard InChI is InChI=1S/C14H18FIN2O.ClH/c1-17-9-10-5-7-18(8-6-10)14(19)13-11(15)3-2-4-12(13)16;/h2-4,10,17H,5-9H2,1H3;1H. The monoisotopic (exact) mass is 412 g/mol. The molecule has 1 N–H and O–H groups in total. The van der Waals surface area contributed by atoms with Crippen LogP contribution in [-0.4, -0.2) is 37.5 Å². The molecule has 2 rings (SSSR count). The summed E-state index contributed by atoms with van der Waals surface area (Å²) in [7, 11) is 1.94. The Morgan fingerprint density at radius 3 is 2.65 bits per heavy atom. The fourth-order valence-corrected chi connectivity index (χ4v) is 3.19. The number of carbonyl (C=O) groups excluding carboxylic acids is 1. The number of carbonyl (C=O) groups is 1. The third-order valence-electron chi connectivity index (χ3n) is 3.57. The van der Waals surface area contributed by atoms with E-state index < -0.39 is 5.82 Å². The van der Waals surface area contributed by atoms with Crippen molar-refractivity contribution in [3.05, 3.63) is 33.1 Å². The summed E-state index contributed by atoms with van der Waals surface area (Å²) in [5, 5.41) is 3.17. The molecule has 1 amide bonds. The van der Waals surface area contributed by atoms with Crippen LogP contribution in [0.4, 0.5) is 4.39 Å². The first-order valence-electron chi connectivity index (χ1n) is 6.51. The van der Waals surface area contributed by atoms with E-state index in [-0.39, 0.29) is 23.9 Å². The van der Waals surface area contributed by atoms with Crippen molar-refractivity contribution in [2.45, 2.75) is 12.8 Å². The van der Waals surface area contributed by atoms with Gasteiger partial charge in [0.25, 0.3) is 5.91 Å². The lowest BCUT2D eigenvalue weighted by Crippen LogP contribution is -2.41. The number of hydrogen-bond donors (Lipinski definition) is 1. The summed E-state index contributed by atoms with van der Waals surface area (Å²) in [6.07, 6.45) is 1.97. The summed E-state index contributed by atoms with van der Waals surface area (Å²) in [5.74, 6) is 0.0217. The van der Waals surface area contributed by atoms with Gasteiger partial charge in [-0.2, -0.15) is 0 Å². The van der Waals surface area contributed by atoms with Crippen LogP contribution in [0.2, 0.25) is 0 Å². The maximum atomic E-state index is 13.8. The molecule has 0 aliphatic carbocycles. The number of rotatable bonds is 3. The van der Waals surface area contributed by atoms with Crippen molar-refractivity contribution in [3.8, 4) is 0 Å². The van der Waals surface area contributed by atoms with E-state index in [1.807, 2.05) is 29.6 Å². The Kier molecular flexibility index (Phi) is 7.19. The van der Waals surface area contributed by atoms with Crippen molar-refractivity contribution >= 4 is 40.9 Å². The molecule has 0 unspecified atom stereocenters. The number of hydrogen-bond acceptors (Lipinski definition) is 2. The normalized spacial score (nSPS) is 15.8. The van der Waals surface area contributed by atoms with Gasteiger partial charge in [0.05, 0.1) is 5.56 Å². The van der Waals surface area contributed by atoms with Gasteiger partial charge in [-0.1, -0.05) is 6.07 Å². The molecule has 3 nitrogen and oxygen atoms in total. The lowest BCUT2D eigenvalue weighted by Gasteiger charge is -2.32. The summed E-state index contributed by atoms with van der Waals surface area (Å²) in [6.45, 7) is 2.42. The zero-order valence-electron chi connectivity index (χ0n) is 11.4. The van der Waals surface area contributed by atoms with E-state index in [2.05, 4.69) is 5.32 Å². The third kappa shape index (κ3) is 4.05. The van der Waals surface area contributed by atoms with Gasteiger partial charge in [-0.25, -0.2) is 4.39 Å². The second-order valence-electron chi connectivity index (χ2n) is 4.89. The van der Waals surface area contributed by atoms with Gasteiger partial charge < -0.3 is 10.2 Å². The molecule has 0 saturated carbocycles. The summed E-state index contributed by atoms with van der Waals surface area (Å²) in [4.78, 5) is 14.1. The molecule has 1 fully saturated rings. The van der Waals surface area contributed by atoms with Crippen molar-refractivity contribution in [2.24, 2.45) is 5.92 Å². The van der Waals surface area contributed by atoms with Gasteiger partial charge in [0, 0.05) is 16.7 Å². The van der Waals surface area contributed by atoms with Gasteiger partial charge in [0.1, 0.15) is 5.82 Å².